The Morgan fingerprint density at radius 2 is 0.962 bits per heavy atom. The van der Waals surface area contributed by atoms with Crippen LogP contribution in [-0.2, 0) is 0 Å². The molecule has 2 heteroatoms. The van der Waals surface area contributed by atoms with Gasteiger partial charge < -0.3 is 9.32 Å². The van der Waals surface area contributed by atoms with Crippen molar-refractivity contribution in [1.29, 1.82) is 0 Å². The van der Waals surface area contributed by atoms with Crippen LogP contribution in [0.4, 0.5) is 17.1 Å². The fourth-order valence-electron chi connectivity index (χ4n) is 7.64. The summed E-state index contributed by atoms with van der Waals surface area (Å²) in [5.74, 6) is 0. The fraction of sp³-hybridized carbons (Fsp3) is 0. The maximum Gasteiger partial charge on any atom is 0.143 e. The molecule has 9 aromatic carbocycles. The van der Waals surface area contributed by atoms with Crippen LogP contribution < -0.4 is 4.90 Å². The Balaban J connectivity index is 1.05. The highest BCUT2D eigenvalue weighted by atomic mass is 16.3. The third kappa shape index (κ3) is 5.21. The Hall–Kier alpha value is -6.90. The number of nitrogens with zero attached hydrogens (tertiary/aromatic N) is 1. The van der Waals surface area contributed by atoms with Crippen LogP contribution in [0.1, 0.15) is 0 Å². The Kier molecular flexibility index (Phi) is 7.18. The molecular formula is C50H33NO. The largest absolute Gasteiger partial charge is 0.455 e. The predicted octanol–water partition coefficient (Wildman–Crippen LogP) is 14.4. The molecule has 0 saturated carbocycles. The van der Waals surface area contributed by atoms with E-state index < -0.39 is 0 Å². The van der Waals surface area contributed by atoms with Gasteiger partial charge in [0, 0.05) is 33.1 Å². The molecule has 244 valence electrons. The van der Waals surface area contributed by atoms with E-state index in [2.05, 4.69) is 205 Å². The molecule has 0 aliphatic carbocycles. The predicted molar refractivity (Wildman–Crippen MR) is 220 cm³/mol. The van der Waals surface area contributed by atoms with Crippen LogP contribution in [0.15, 0.2) is 205 Å². The van der Waals surface area contributed by atoms with E-state index in [0.717, 1.165) is 55.5 Å². The highest BCUT2D eigenvalue weighted by Gasteiger charge is 2.18. The molecule has 1 heterocycles. The molecule has 0 radical (unpaired) electrons. The maximum absolute atomic E-state index is 6.46. The van der Waals surface area contributed by atoms with Gasteiger partial charge in [0.25, 0.3) is 0 Å². The fourth-order valence-corrected chi connectivity index (χ4v) is 7.64. The van der Waals surface area contributed by atoms with E-state index in [1.54, 1.807) is 0 Å². The van der Waals surface area contributed by atoms with Crippen LogP contribution in [0.3, 0.4) is 0 Å². The van der Waals surface area contributed by atoms with Gasteiger partial charge in [-0.25, -0.2) is 0 Å². The van der Waals surface area contributed by atoms with Gasteiger partial charge in [-0.2, -0.15) is 0 Å². The molecule has 0 spiro atoms. The Bertz CT molecular complexity index is 2900. The van der Waals surface area contributed by atoms with E-state index in [1.165, 1.54) is 38.4 Å². The number of para-hydroxylation sites is 2. The van der Waals surface area contributed by atoms with Crippen molar-refractivity contribution < 1.29 is 4.42 Å². The molecule has 0 bridgehead atoms. The van der Waals surface area contributed by atoms with E-state index >= 15 is 0 Å². The van der Waals surface area contributed by atoms with Crippen molar-refractivity contribution in [3.63, 3.8) is 0 Å². The third-order valence-corrected chi connectivity index (χ3v) is 10.2. The lowest BCUT2D eigenvalue weighted by Crippen LogP contribution is -2.11. The van der Waals surface area contributed by atoms with Gasteiger partial charge in [0.1, 0.15) is 11.2 Å². The summed E-state index contributed by atoms with van der Waals surface area (Å²) in [5.41, 5.74) is 12.2. The highest BCUT2D eigenvalue weighted by Crippen LogP contribution is 2.43. The van der Waals surface area contributed by atoms with Crippen LogP contribution in [0.25, 0.3) is 76.9 Å². The van der Waals surface area contributed by atoms with Crippen molar-refractivity contribution in [2.24, 2.45) is 0 Å². The Labute approximate surface area is 302 Å². The van der Waals surface area contributed by atoms with E-state index in [0.29, 0.717) is 0 Å². The van der Waals surface area contributed by atoms with Crippen molar-refractivity contribution >= 4 is 60.5 Å². The van der Waals surface area contributed by atoms with Crippen LogP contribution >= 0.6 is 0 Å². The van der Waals surface area contributed by atoms with E-state index in [9.17, 15) is 0 Å². The lowest BCUT2D eigenvalue weighted by atomic mass is 9.97. The molecular weight excluding hydrogens is 631 g/mol. The van der Waals surface area contributed by atoms with Crippen molar-refractivity contribution in [3.8, 4) is 33.4 Å². The highest BCUT2D eigenvalue weighted by molar-refractivity contribution is 6.15. The summed E-state index contributed by atoms with van der Waals surface area (Å²) in [6, 6.07) is 71.7. The second-order valence-corrected chi connectivity index (χ2v) is 13.4. The number of benzene rings is 9. The summed E-state index contributed by atoms with van der Waals surface area (Å²) in [4.78, 5) is 2.36. The smallest absolute Gasteiger partial charge is 0.143 e. The minimum atomic E-state index is 0.896. The quantitative estimate of drug-likeness (QED) is 0.176. The van der Waals surface area contributed by atoms with Crippen LogP contribution in [0.5, 0.6) is 0 Å². The summed E-state index contributed by atoms with van der Waals surface area (Å²) in [6.07, 6.45) is 0. The van der Waals surface area contributed by atoms with E-state index in [-0.39, 0.29) is 0 Å². The second kappa shape index (κ2) is 12.5. The summed E-state index contributed by atoms with van der Waals surface area (Å²) < 4.78 is 6.46. The molecule has 10 aromatic rings. The molecule has 0 fully saturated rings. The number of hydrogen-bond acceptors (Lipinski definition) is 2. The molecule has 0 atom stereocenters. The Morgan fingerprint density at radius 1 is 0.327 bits per heavy atom. The zero-order chi connectivity index (χ0) is 34.4. The second-order valence-electron chi connectivity index (χ2n) is 13.4. The van der Waals surface area contributed by atoms with Gasteiger partial charge in [-0.3, -0.25) is 0 Å². The van der Waals surface area contributed by atoms with Gasteiger partial charge >= 0.3 is 0 Å². The topological polar surface area (TPSA) is 16.4 Å². The number of rotatable bonds is 6. The summed E-state index contributed by atoms with van der Waals surface area (Å²) in [5, 5.41) is 7.08. The van der Waals surface area contributed by atoms with Gasteiger partial charge in [0.05, 0.1) is 5.69 Å². The lowest BCUT2D eigenvalue weighted by molar-refractivity contribution is 0.672. The number of furan rings is 1. The van der Waals surface area contributed by atoms with Crippen LogP contribution in [0.2, 0.25) is 0 Å². The molecule has 0 aliphatic rings. The van der Waals surface area contributed by atoms with Crippen molar-refractivity contribution in [1.82, 2.24) is 0 Å². The summed E-state index contributed by atoms with van der Waals surface area (Å²) in [6.45, 7) is 0. The first-order valence-electron chi connectivity index (χ1n) is 17.8. The van der Waals surface area contributed by atoms with E-state index in [4.69, 9.17) is 4.42 Å². The average Bonchev–Trinajstić information content (AvgIpc) is 3.60. The first kappa shape index (κ1) is 30.0. The maximum atomic E-state index is 6.46. The summed E-state index contributed by atoms with van der Waals surface area (Å²) in [7, 11) is 0. The zero-order valence-corrected chi connectivity index (χ0v) is 28.4. The zero-order valence-electron chi connectivity index (χ0n) is 28.4. The van der Waals surface area contributed by atoms with Crippen LogP contribution in [-0.4, -0.2) is 0 Å². The van der Waals surface area contributed by atoms with E-state index in [1.807, 2.05) is 0 Å². The first-order valence-corrected chi connectivity index (χ1v) is 17.8. The number of fused-ring (bicyclic) bond motifs is 6. The molecule has 10 rings (SSSR count). The van der Waals surface area contributed by atoms with Crippen molar-refractivity contribution in [3.05, 3.63) is 200 Å². The first-order chi connectivity index (χ1) is 25.8. The van der Waals surface area contributed by atoms with Crippen molar-refractivity contribution in [2.75, 3.05) is 4.90 Å². The minimum absolute atomic E-state index is 0.896. The van der Waals surface area contributed by atoms with Gasteiger partial charge in [0.15, 0.2) is 0 Å². The van der Waals surface area contributed by atoms with Crippen LogP contribution in [0, 0.1) is 0 Å². The van der Waals surface area contributed by atoms with Gasteiger partial charge in [-0.05, 0) is 105 Å². The van der Waals surface area contributed by atoms with Gasteiger partial charge in [-0.1, -0.05) is 140 Å². The molecule has 52 heavy (non-hydrogen) atoms. The van der Waals surface area contributed by atoms with Gasteiger partial charge in [0.2, 0.25) is 0 Å². The molecule has 0 amide bonds. The summed E-state index contributed by atoms with van der Waals surface area (Å²) >= 11 is 0. The third-order valence-electron chi connectivity index (χ3n) is 10.2. The molecule has 0 unspecified atom stereocenters. The minimum Gasteiger partial charge on any atom is -0.455 e. The molecule has 0 aliphatic heterocycles. The standard InChI is InChI=1S/C50H33NO/c1-2-16-42(17-3-1)51(43-27-23-35(24-28-43)38-14-10-15-39(31-38)40-22-21-34-11-4-5-13-37(34)32-40)48-20-9-8-18-44(48)41-26-30-49-47(33-41)46-29-25-36-12-6-7-19-45(36)50(46)52-49/h1-33H. The number of anilines is 3. The SMILES string of the molecule is c1ccc(N(c2ccc(-c3cccc(-c4ccc5ccccc5c4)c3)cc2)c2ccccc2-c2ccc3oc4c5ccccc5ccc4c3c2)cc1. The average molecular weight is 664 g/mol. The normalized spacial score (nSPS) is 11.5. The monoisotopic (exact) mass is 663 g/mol. The lowest BCUT2D eigenvalue weighted by Gasteiger charge is -2.28. The molecule has 0 saturated heterocycles. The Morgan fingerprint density at radius 3 is 1.83 bits per heavy atom. The van der Waals surface area contributed by atoms with Crippen molar-refractivity contribution in [2.45, 2.75) is 0 Å². The molecule has 2 nitrogen and oxygen atoms in total. The number of hydrogen-bond donors (Lipinski definition) is 0. The molecule has 0 N–H and O–H groups in total. The molecule has 1 aromatic heterocycles. The van der Waals surface area contributed by atoms with Gasteiger partial charge in [-0.15, -0.1) is 0 Å².